The minimum Gasteiger partial charge on any atom is -0.393 e. The highest BCUT2D eigenvalue weighted by molar-refractivity contribution is 7.98. The lowest BCUT2D eigenvalue weighted by Gasteiger charge is -2.25. The Hall–Kier alpha value is -1.51. The maximum atomic E-state index is 11.4. The molecule has 0 unspecified atom stereocenters. The zero-order valence-electron chi connectivity index (χ0n) is 14.3. The average molecular weight is 380 g/mol. The maximum Gasteiger partial charge on any atom is 0.275 e. The van der Waals surface area contributed by atoms with Crippen molar-refractivity contribution in [3.63, 3.8) is 0 Å². The number of anilines is 2. The molecule has 1 aliphatic heterocycles. The van der Waals surface area contributed by atoms with Crippen molar-refractivity contribution in [1.82, 2.24) is 14.9 Å². The summed E-state index contributed by atoms with van der Waals surface area (Å²) in [7, 11) is 0. The van der Waals surface area contributed by atoms with Crippen LogP contribution in [-0.4, -0.2) is 40.3 Å². The van der Waals surface area contributed by atoms with E-state index in [1.54, 1.807) is 0 Å². The second-order valence-corrected chi connectivity index (χ2v) is 8.35. The topological polar surface area (TPSA) is 87.0 Å². The molecule has 0 aromatic carbocycles. The van der Waals surface area contributed by atoms with Crippen molar-refractivity contribution >= 4 is 34.7 Å². The van der Waals surface area contributed by atoms with Crippen LogP contribution >= 0.6 is 23.1 Å². The molecule has 0 radical (unpaired) electrons. The fourth-order valence-electron chi connectivity index (χ4n) is 2.85. The second-order valence-electron chi connectivity index (χ2n) is 6.25. The largest absolute Gasteiger partial charge is 0.393 e. The lowest BCUT2D eigenvalue weighted by Crippen LogP contribution is -2.28. The van der Waals surface area contributed by atoms with Gasteiger partial charge in [0.15, 0.2) is 0 Å². The highest BCUT2D eigenvalue weighted by Crippen LogP contribution is 2.22. The van der Waals surface area contributed by atoms with Crippen molar-refractivity contribution in [1.29, 1.82) is 0 Å². The number of nitrogens with one attached hydrogen (secondary N) is 2. The molecule has 0 aliphatic carbocycles. The van der Waals surface area contributed by atoms with Crippen LogP contribution in [0, 0.1) is 0 Å². The smallest absolute Gasteiger partial charge is 0.275 e. The van der Waals surface area contributed by atoms with Gasteiger partial charge in [-0.25, -0.2) is 4.98 Å². The van der Waals surface area contributed by atoms with Crippen LogP contribution in [0.15, 0.2) is 22.4 Å². The Morgan fingerprint density at radius 2 is 2.20 bits per heavy atom. The predicted molar refractivity (Wildman–Crippen MR) is 107 cm³/mol. The Balaban J connectivity index is 1.34. The van der Waals surface area contributed by atoms with Crippen LogP contribution in [-0.2, 0) is 12.3 Å². The number of nitrogen functional groups attached to an aromatic ring is 1. The van der Waals surface area contributed by atoms with Crippen molar-refractivity contribution in [2.45, 2.75) is 31.6 Å². The zero-order valence-corrected chi connectivity index (χ0v) is 15.9. The van der Waals surface area contributed by atoms with Gasteiger partial charge in [0.2, 0.25) is 5.95 Å². The predicted octanol–water partition coefficient (Wildman–Crippen LogP) is 2.74. The molecule has 2 aromatic rings. The van der Waals surface area contributed by atoms with Crippen molar-refractivity contribution in [3.05, 3.63) is 38.4 Å². The number of H-pyrrole nitrogens is 1. The number of nitrogens with zero attached hydrogens (tertiary/aromatic N) is 2. The van der Waals surface area contributed by atoms with Crippen LogP contribution in [0.25, 0.3) is 0 Å². The Morgan fingerprint density at radius 3 is 3.00 bits per heavy atom. The summed E-state index contributed by atoms with van der Waals surface area (Å²) < 4.78 is 0. The molecule has 3 rings (SSSR count). The fraction of sp³-hybridized carbons (Fsp3) is 0.529. The van der Waals surface area contributed by atoms with Crippen LogP contribution in [0.1, 0.15) is 29.7 Å². The summed E-state index contributed by atoms with van der Waals surface area (Å²) in [5.74, 6) is 2.44. The first-order valence-electron chi connectivity index (χ1n) is 8.66. The van der Waals surface area contributed by atoms with Crippen molar-refractivity contribution in [2.24, 2.45) is 0 Å². The number of aromatic amines is 1. The zero-order chi connectivity index (χ0) is 17.5. The molecule has 25 heavy (non-hydrogen) atoms. The van der Waals surface area contributed by atoms with Gasteiger partial charge in [0, 0.05) is 29.5 Å². The molecule has 0 bridgehead atoms. The van der Waals surface area contributed by atoms with E-state index in [0.717, 1.165) is 24.6 Å². The highest BCUT2D eigenvalue weighted by Gasteiger charge is 2.11. The molecular weight excluding hydrogens is 354 g/mol. The molecule has 1 aliphatic rings. The van der Waals surface area contributed by atoms with E-state index in [1.165, 1.54) is 49.0 Å². The minimum atomic E-state index is -0.301. The molecule has 0 spiro atoms. The lowest BCUT2D eigenvalue weighted by atomic mass is 10.1. The molecule has 0 atom stereocenters. The van der Waals surface area contributed by atoms with Gasteiger partial charge in [-0.2, -0.15) is 11.8 Å². The van der Waals surface area contributed by atoms with Crippen molar-refractivity contribution in [3.8, 4) is 0 Å². The molecule has 136 valence electrons. The van der Waals surface area contributed by atoms with Gasteiger partial charge < -0.3 is 11.1 Å². The molecule has 1 fully saturated rings. The fourth-order valence-corrected chi connectivity index (χ4v) is 4.68. The van der Waals surface area contributed by atoms with Gasteiger partial charge in [0.1, 0.15) is 5.69 Å². The van der Waals surface area contributed by atoms with E-state index in [1.807, 2.05) is 23.1 Å². The Bertz CT molecular complexity index is 724. The first-order valence-corrected chi connectivity index (χ1v) is 10.7. The van der Waals surface area contributed by atoms with Gasteiger partial charge in [-0.15, -0.1) is 11.3 Å². The number of nitrogens with two attached hydrogens (primary N) is 1. The van der Waals surface area contributed by atoms with Gasteiger partial charge >= 0.3 is 0 Å². The number of hydrogen-bond donors (Lipinski definition) is 3. The van der Waals surface area contributed by atoms with Crippen LogP contribution in [0.2, 0.25) is 0 Å². The van der Waals surface area contributed by atoms with Gasteiger partial charge in [-0.05, 0) is 42.9 Å². The van der Waals surface area contributed by atoms with E-state index >= 15 is 0 Å². The van der Waals surface area contributed by atoms with Crippen molar-refractivity contribution in [2.75, 3.05) is 36.4 Å². The number of piperidine rings is 1. The molecular formula is C17H25N5OS2. The standard InChI is InChI=1S/C17H25N5OS2/c18-15-9-20-17(21-16(15)23)19-4-7-24-11-13-8-14(25-12-13)10-22-5-2-1-3-6-22/h8-9,12H,1-7,10-11,18H2,(H2,19,20,21,23). The van der Waals surface area contributed by atoms with E-state index < -0.39 is 0 Å². The average Bonchev–Trinajstić information content (AvgIpc) is 3.06. The number of rotatable bonds is 8. The summed E-state index contributed by atoms with van der Waals surface area (Å²) in [6, 6.07) is 2.35. The van der Waals surface area contributed by atoms with Gasteiger partial charge in [0.05, 0.1) is 6.20 Å². The number of aromatic nitrogens is 2. The second kappa shape index (κ2) is 9.26. The van der Waals surface area contributed by atoms with E-state index in [9.17, 15) is 4.79 Å². The normalized spacial score (nSPS) is 15.4. The molecule has 1 saturated heterocycles. The van der Waals surface area contributed by atoms with E-state index in [0.29, 0.717) is 5.95 Å². The number of hydrogen-bond acceptors (Lipinski definition) is 7. The Morgan fingerprint density at radius 1 is 1.36 bits per heavy atom. The summed E-state index contributed by atoms with van der Waals surface area (Å²) in [6.45, 7) is 4.35. The number of likely N-dealkylation sites (tertiary alicyclic amines) is 1. The van der Waals surface area contributed by atoms with E-state index in [4.69, 9.17) is 5.73 Å². The minimum absolute atomic E-state index is 0.137. The summed E-state index contributed by atoms with van der Waals surface area (Å²) >= 11 is 3.75. The number of thiophene rings is 1. The van der Waals surface area contributed by atoms with Crippen LogP contribution in [0.3, 0.4) is 0 Å². The van der Waals surface area contributed by atoms with Crippen LogP contribution in [0.5, 0.6) is 0 Å². The maximum absolute atomic E-state index is 11.4. The van der Waals surface area contributed by atoms with Crippen molar-refractivity contribution < 1.29 is 0 Å². The Kier molecular flexibility index (Phi) is 6.77. The molecule has 2 aromatic heterocycles. The van der Waals surface area contributed by atoms with Gasteiger partial charge in [-0.1, -0.05) is 6.42 Å². The highest BCUT2D eigenvalue weighted by atomic mass is 32.2. The first-order chi connectivity index (χ1) is 12.2. The third kappa shape index (κ3) is 5.76. The molecule has 3 heterocycles. The molecule has 0 saturated carbocycles. The van der Waals surface area contributed by atoms with Gasteiger partial charge in [0.25, 0.3) is 5.56 Å². The molecule has 4 N–H and O–H groups in total. The third-order valence-corrected chi connectivity index (χ3v) is 6.17. The summed E-state index contributed by atoms with van der Waals surface area (Å²) in [5, 5.41) is 5.39. The van der Waals surface area contributed by atoms with Crippen LogP contribution in [0.4, 0.5) is 11.6 Å². The monoisotopic (exact) mass is 379 g/mol. The number of thioether (sulfide) groups is 1. The summed E-state index contributed by atoms with van der Waals surface area (Å²) in [4.78, 5) is 22.1. The molecule has 0 amide bonds. The van der Waals surface area contributed by atoms with E-state index in [-0.39, 0.29) is 11.2 Å². The lowest BCUT2D eigenvalue weighted by molar-refractivity contribution is 0.222. The molecule has 8 heteroatoms. The van der Waals surface area contributed by atoms with E-state index in [2.05, 4.69) is 31.6 Å². The first kappa shape index (κ1) is 18.3. The van der Waals surface area contributed by atoms with Gasteiger partial charge in [-0.3, -0.25) is 14.7 Å². The SMILES string of the molecule is Nc1cnc(NCCSCc2csc(CN3CCCCC3)c2)[nH]c1=O. The Labute approximate surface area is 156 Å². The summed E-state index contributed by atoms with van der Waals surface area (Å²) in [6.07, 6.45) is 5.45. The van der Waals surface area contributed by atoms with Crippen LogP contribution < -0.4 is 16.6 Å². The summed E-state index contributed by atoms with van der Waals surface area (Å²) in [5.41, 5.74) is 6.69. The quantitative estimate of drug-likeness (QED) is 0.612. The molecule has 6 nitrogen and oxygen atoms in total. The third-order valence-electron chi connectivity index (χ3n) is 4.17.